The Labute approximate surface area is 62.9 Å². The van der Waals surface area contributed by atoms with Crippen LogP contribution in [0.3, 0.4) is 0 Å². The van der Waals surface area contributed by atoms with Crippen LogP contribution in [0.1, 0.15) is 0 Å². The summed E-state index contributed by atoms with van der Waals surface area (Å²) in [6.07, 6.45) is 0. The van der Waals surface area contributed by atoms with Gasteiger partial charge >= 0.3 is 5.24 Å². The third kappa shape index (κ3) is 1.30. The smallest absolute Gasteiger partial charge is 0.272 e. The molecule has 0 atom stereocenters. The van der Waals surface area contributed by atoms with Gasteiger partial charge in [0.15, 0.2) is 0 Å². The van der Waals surface area contributed by atoms with Gasteiger partial charge in [-0.1, -0.05) is 11.8 Å². The molecule has 1 radical (unpaired) electrons. The molecule has 1 heterocycles. The highest BCUT2D eigenvalue weighted by Gasteiger charge is 2.28. The average molecular weight is 159 g/mol. The van der Waals surface area contributed by atoms with Gasteiger partial charge in [-0.15, -0.1) is 0 Å². The van der Waals surface area contributed by atoms with Crippen LogP contribution in [0.15, 0.2) is 0 Å². The normalized spacial score (nSPS) is 18.7. The molecule has 0 aromatic carbocycles. The van der Waals surface area contributed by atoms with E-state index in [9.17, 15) is 9.59 Å². The quantitative estimate of drug-likeness (QED) is 0.617. The zero-order valence-electron chi connectivity index (χ0n) is 5.29. The third-order valence-electron chi connectivity index (χ3n) is 1.02. The lowest BCUT2D eigenvalue weighted by atomic mass is 10.7. The second-order valence-electron chi connectivity index (χ2n) is 1.69. The number of carbonyl (C=O) groups is 2. The van der Waals surface area contributed by atoms with E-state index in [1.807, 2.05) is 0 Å². The van der Waals surface area contributed by atoms with Crippen molar-refractivity contribution in [3.8, 4) is 0 Å². The first kappa shape index (κ1) is 7.56. The predicted octanol–water partition coefficient (Wildman–Crippen LogP) is 0.0205. The third-order valence-corrected chi connectivity index (χ3v) is 1.84. The van der Waals surface area contributed by atoms with E-state index in [-0.39, 0.29) is 16.9 Å². The van der Waals surface area contributed by atoms with E-state index in [1.54, 1.807) is 0 Å². The van der Waals surface area contributed by atoms with Crippen LogP contribution in [0.2, 0.25) is 0 Å². The first-order valence-electron chi connectivity index (χ1n) is 2.78. The number of amides is 2. The SMILES string of the molecule is [CH2]CNN1C(=O)CSC1=O. The highest BCUT2D eigenvalue weighted by atomic mass is 32.2. The molecule has 0 aromatic heterocycles. The Hall–Kier alpha value is -0.550. The molecule has 0 spiro atoms. The summed E-state index contributed by atoms with van der Waals surface area (Å²) in [4.78, 5) is 21.5. The van der Waals surface area contributed by atoms with Gasteiger partial charge in [-0.3, -0.25) is 9.59 Å². The van der Waals surface area contributed by atoms with Crippen LogP contribution in [0.4, 0.5) is 4.79 Å². The minimum atomic E-state index is -0.242. The van der Waals surface area contributed by atoms with Crippen molar-refractivity contribution in [3.63, 3.8) is 0 Å². The van der Waals surface area contributed by atoms with Crippen LogP contribution < -0.4 is 5.43 Å². The van der Waals surface area contributed by atoms with Gasteiger partial charge in [0.25, 0.3) is 5.91 Å². The summed E-state index contributed by atoms with van der Waals surface area (Å²) in [5.74, 6) is 0.0462. The van der Waals surface area contributed by atoms with E-state index in [0.717, 1.165) is 16.8 Å². The first-order valence-corrected chi connectivity index (χ1v) is 3.76. The predicted molar refractivity (Wildman–Crippen MR) is 38.1 cm³/mol. The minimum absolute atomic E-state index is 0.196. The Morgan fingerprint density at radius 2 is 2.40 bits per heavy atom. The van der Waals surface area contributed by atoms with E-state index >= 15 is 0 Å². The minimum Gasteiger partial charge on any atom is -0.272 e. The Balaban J connectivity index is 2.54. The number of hydrogen-bond acceptors (Lipinski definition) is 4. The van der Waals surface area contributed by atoms with Crippen molar-refractivity contribution in [2.75, 3.05) is 12.3 Å². The second-order valence-corrected chi connectivity index (χ2v) is 2.62. The summed E-state index contributed by atoms with van der Waals surface area (Å²) in [5, 5.41) is 0.756. The van der Waals surface area contributed by atoms with E-state index in [0.29, 0.717) is 6.54 Å². The molecule has 0 unspecified atom stereocenters. The maximum absolute atomic E-state index is 10.8. The molecular weight excluding hydrogens is 152 g/mol. The highest BCUT2D eigenvalue weighted by Crippen LogP contribution is 2.15. The zero-order chi connectivity index (χ0) is 7.56. The van der Waals surface area contributed by atoms with Gasteiger partial charge in [-0.2, -0.15) is 0 Å². The molecule has 1 N–H and O–H groups in total. The molecule has 10 heavy (non-hydrogen) atoms. The molecule has 1 aliphatic heterocycles. The van der Waals surface area contributed by atoms with Crippen molar-refractivity contribution in [1.29, 1.82) is 0 Å². The van der Waals surface area contributed by atoms with Gasteiger partial charge in [0.1, 0.15) is 0 Å². The molecule has 1 saturated heterocycles. The van der Waals surface area contributed by atoms with Crippen LogP contribution in [0, 0.1) is 6.92 Å². The van der Waals surface area contributed by atoms with Gasteiger partial charge in [0, 0.05) is 6.54 Å². The average Bonchev–Trinajstić information content (AvgIpc) is 2.20. The van der Waals surface area contributed by atoms with Crippen LogP contribution in [-0.2, 0) is 4.79 Å². The molecule has 1 aliphatic rings. The maximum Gasteiger partial charge on any atom is 0.303 e. The number of hydrazine groups is 1. The van der Waals surface area contributed by atoms with Crippen LogP contribution in [0.5, 0.6) is 0 Å². The number of thioether (sulfide) groups is 1. The van der Waals surface area contributed by atoms with Crippen molar-refractivity contribution < 1.29 is 9.59 Å². The maximum atomic E-state index is 10.8. The van der Waals surface area contributed by atoms with Crippen LogP contribution >= 0.6 is 11.8 Å². The molecule has 4 nitrogen and oxygen atoms in total. The summed E-state index contributed by atoms with van der Waals surface area (Å²) >= 11 is 1.00. The molecule has 2 amide bonds. The Bertz CT molecular complexity index is 155. The second kappa shape index (κ2) is 3.03. The lowest BCUT2D eigenvalue weighted by molar-refractivity contribution is -0.126. The number of hydrogen-bond donors (Lipinski definition) is 1. The topological polar surface area (TPSA) is 49.4 Å². The largest absolute Gasteiger partial charge is 0.303 e. The standard InChI is InChI=1S/C5H7N2O2S/c1-2-6-7-4(8)3-10-5(7)9/h6H,1-3H2. The lowest BCUT2D eigenvalue weighted by Crippen LogP contribution is -2.41. The number of carbonyl (C=O) groups excluding carboxylic acids is 2. The molecule has 0 saturated carbocycles. The molecule has 1 fully saturated rings. The summed E-state index contributed by atoms with van der Waals surface area (Å²) < 4.78 is 0. The van der Waals surface area contributed by atoms with Gasteiger partial charge in [-0.05, 0) is 6.92 Å². The summed E-state index contributed by atoms with van der Waals surface area (Å²) in [5.41, 5.74) is 2.55. The fourth-order valence-corrected chi connectivity index (χ4v) is 1.29. The Morgan fingerprint density at radius 3 is 2.80 bits per heavy atom. The van der Waals surface area contributed by atoms with E-state index < -0.39 is 0 Å². The van der Waals surface area contributed by atoms with E-state index in [4.69, 9.17) is 0 Å². The molecule has 1 rings (SSSR count). The van der Waals surface area contributed by atoms with Gasteiger partial charge in [0.05, 0.1) is 5.75 Å². The van der Waals surface area contributed by atoms with Gasteiger partial charge in [0.2, 0.25) is 0 Å². The molecule has 55 valence electrons. The highest BCUT2D eigenvalue weighted by molar-refractivity contribution is 8.14. The first-order chi connectivity index (χ1) is 4.75. The molecule has 0 aliphatic carbocycles. The van der Waals surface area contributed by atoms with E-state index in [1.165, 1.54) is 0 Å². The van der Waals surface area contributed by atoms with Crippen molar-refractivity contribution in [2.24, 2.45) is 0 Å². The zero-order valence-corrected chi connectivity index (χ0v) is 6.11. The van der Waals surface area contributed by atoms with E-state index in [2.05, 4.69) is 12.3 Å². The number of nitrogens with one attached hydrogen (secondary N) is 1. The Morgan fingerprint density at radius 1 is 1.70 bits per heavy atom. The molecule has 0 aromatic rings. The summed E-state index contributed by atoms with van der Waals surface area (Å²) in [6, 6.07) is 0. The van der Waals surface area contributed by atoms with Crippen LogP contribution in [-0.4, -0.2) is 28.5 Å². The Kier molecular flexibility index (Phi) is 2.29. The van der Waals surface area contributed by atoms with Crippen LogP contribution in [0.25, 0.3) is 0 Å². The van der Waals surface area contributed by atoms with Gasteiger partial charge in [-0.25, -0.2) is 10.4 Å². The number of imide groups is 1. The lowest BCUT2D eigenvalue weighted by Gasteiger charge is -2.10. The molecular formula is C5H7N2O2S. The summed E-state index contributed by atoms with van der Waals surface area (Å²) in [6.45, 7) is 3.80. The number of nitrogens with zero attached hydrogens (tertiary/aromatic N) is 1. The summed E-state index contributed by atoms with van der Waals surface area (Å²) in [7, 11) is 0. The van der Waals surface area contributed by atoms with Crippen molar-refractivity contribution >= 4 is 22.9 Å². The van der Waals surface area contributed by atoms with Gasteiger partial charge < -0.3 is 0 Å². The monoisotopic (exact) mass is 159 g/mol. The van der Waals surface area contributed by atoms with Crippen molar-refractivity contribution in [3.05, 3.63) is 6.92 Å². The van der Waals surface area contributed by atoms with Crippen molar-refractivity contribution in [1.82, 2.24) is 10.4 Å². The molecule has 0 bridgehead atoms. The fraction of sp³-hybridized carbons (Fsp3) is 0.400. The fourth-order valence-electron chi connectivity index (χ4n) is 0.619. The van der Waals surface area contributed by atoms with Crippen molar-refractivity contribution in [2.45, 2.75) is 0 Å². The number of rotatable bonds is 2. The molecule has 5 heteroatoms.